The molecule has 1 heterocycles. The largest absolute Gasteiger partial charge is 0.383 e. The smallest absolute Gasteiger partial charge is 0.0587 e. The van der Waals surface area contributed by atoms with Crippen molar-refractivity contribution < 1.29 is 4.74 Å². The Labute approximate surface area is 131 Å². The predicted molar refractivity (Wildman–Crippen MR) is 89.6 cm³/mol. The van der Waals surface area contributed by atoms with E-state index in [2.05, 4.69) is 31.0 Å². The van der Waals surface area contributed by atoms with E-state index >= 15 is 0 Å². The van der Waals surface area contributed by atoms with E-state index in [0.717, 1.165) is 19.1 Å². The molecule has 1 aliphatic carbocycles. The Morgan fingerprint density at radius 2 is 1.90 bits per heavy atom. The molecule has 0 spiro atoms. The molecule has 0 aromatic rings. The van der Waals surface area contributed by atoms with Gasteiger partial charge in [-0.05, 0) is 42.6 Å². The van der Waals surface area contributed by atoms with Crippen molar-refractivity contribution >= 4 is 0 Å². The van der Waals surface area contributed by atoms with Crippen LogP contribution in [0, 0.1) is 16.7 Å². The third-order valence-electron chi connectivity index (χ3n) is 5.63. The Bertz CT molecular complexity index is 308. The summed E-state index contributed by atoms with van der Waals surface area (Å²) in [6, 6.07) is 0. The molecule has 0 unspecified atom stereocenters. The first-order chi connectivity index (χ1) is 9.95. The minimum absolute atomic E-state index is 0.501. The van der Waals surface area contributed by atoms with Crippen molar-refractivity contribution in [3.63, 3.8) is 0 Å². The van der Waals surface area contributed by atoms with Crippen LogP contribution < -0.4 is 5.32 Å². The predicted octanol–water partition coefficient (Wildman–Crippen LogP) is 3.15. The monoisotopic (exact) mass is 296 g/mol. The molecular weight excluding hydrogens is 260 g/mol. The third kappa shape index (κ3) is 5.22. The van der Waals surface area contributed by atoms with Gasteiger partial charge in [0.05, 0.1) is 6.61 Å². The second-order valence-corrected chi connectivity index (χ2v) is 8.48. The number of methoxy groups -OCH3 is 1. The number of hydrogen-bond acceptors (Lipinski definition) is 3. The van der Waals surface area contributed by atoms with Crippen molar-refractivity contribution in [2.24, 2.45) is 16.7 Å². The van der Waals surface area contributed by atoms with Crippen LogP contribution in [0.3, 0.4) is 0 Å². The van der Waals surface area contributed by atoms with Crippen molar-refractivity contribution in [2.45, 2.75) is 52.9 Å². The zero-order valence-corrected chi connectivity index (χ0v) is 14.7. The molecule has 0 aromatic heterocycles. The highest BCUT2D eigenvalue weighted by Crippen LogP contribution is 2.41. The molecule has 0 aromatic carbocycles. The molecule has 3 heteroatoms. The molecule has 2 rings (SSSR count). The van der Waals surface area contributed by atoms with Gasteiger partial charge in [0.15, 0.2) is 0 Å². The summed E-state index contributed by atoms with van der Waals surface area (Å²) < 4.78 is 5.17. The third-order valence-corrected chi connectivity index (χ3v) is 5.63. The van der Waals surface area contributed by atoms with E-state index < -0.39 is 0 Å². The van der Waals surface area contributed by atoms with Crippen molar-refractivity contribution in [1.29, 1.82) is 0 Å². The molecule has 0 bridgehead atoms. The van der Waals surface area contributed by atoms with Crippen LogP contribution in [0.4, 0.5) is 0 Å². The fraction of sp³-hybridized carbons (Fsp3) is 1.00. The van der Waals surface area contributed by atoms with Crippen molar-refractivity contribution in [2.75, 3.05) is 46.4 Å². The van der Waals surface area contributed by atoms with Gasteiger partial charge < -0.3 is 15.0 Å². The van der Waals surface area contributed by atoms with Crippen LogP contribution in [0.15, 0.2) is 0 Å². The highest BCUT2D eigenvalue weighted by Gasteiger charge is 2.38. The molecule has 0 amide bonds. The summed E-state index contributed by atoms with van der Waals surface area (Å²) in [7, 11) is 1.78. The molecule has 0 radical (unpaired) electrons. The average Bonchev–Trinajstić information content (AvgIpc) is 2.77. The van der Waals surface area contributed by atoms with Gasteiger partial charge in [-0.2, -0.15) is 0 Å². The van der Waals surface area contributed by atoms with E-state index in [9.17, 15) is 0 Å². The number of hydrogen-bond donors (Lipinski definition) is 1. The van der Waals surface area contributed by atoms with Crippen molar-refractivity contribution in [3.8, 4) is 0 Å². The summed E-state index contributed by atoms with van der Waals surface area (Å²) in [5.41, 5.74) is 1.02. The maximum Gasteiger partial charge on any atom is 0.0587 e. The Morgan fingerprint density at radius 3 is 2.48 bits per heavy atom. The number of ether oxygens (including phenoxy) is 1. The molecule has 0 atom stereocenters. The molecule has 124 valence electrons. The van der Waals surface area contributed by atoms with Gasteiger partial charge in [-0.3, -0.25) is 0 Å². The lowest BCUT2D eigenvalue weighted by molar-refractivity contribution is 0.0905. The standard InChI is InChI=1S/C18H36N2O/c1-16-5-7-18(8-6-16,13-19-10-12-21-4)15-20-11-9-17(2,3)14-20/h16,19H,5-15H2,1-4H3. The maximum absolute atomic E-state index is 5.17. The normalized spacial score (nSPS) is 33.4. The summed E-state index contributed by atoms with van der Waals surface area (Å²) in [5, 5.41) is 3.65. The van der Waals surface area contributed by atoms with Gasteiger partial charge in [-0.15, -0.1) is 0 Å². The molecule has 2 aliphatic rings. The van der Waals surface area contributed by atoms with Crippen LogP contribution in [-0.4, -0.2) is 51.3 Å². The number of likely N-dealkylation sites (tertiary alicyclic amines) is 1. The highest BCUT2D eigenvalue weighted by molar-refractivity contribution is 4.92. The second-order valence-electron chi connectivity index (χ2n) is 8.48. The first-order valence-corrected chi connectivity index (χ1v) is 8.87. The molecular formula is C18H36N2O. The summed E-state index contributed by atoms with van der Waals surface area (Å²) >= 11 is 0. The Hall–Kier alpha value is -0.120. The lowest BCUT2D eigenvalue weighted by Crippen LogP contribution is -2.46. The Kier molecular flexibility index (Phi) is 6.10. The summed E-state index contributed by atoms with van der Waals surface area (Å²) in [6.45, 7) is 14.1. The van der Waals surface area contributed by atoms with Gasteiger partial charge in [-0.1, -0.05) is 33.6 Å². The Balaban J connectivity index is 1.89. The summed E-state index contributed by atoms with van der Waals surface area (Å²) in [5.74, 6) is 0.923. The SMILES string of the molecule is COCCNCC1(CN2CCC(C)(C)C2)CCC(C)CC1. The van der Waals surface area contributed by atoms with Crippen LogP contribution in [0.1, 0.15) is 52.9 Å². The Morgan fingerprint density at radius 1 is 1.19 bits per heavy atom. The molecule has 1 saturated heterocycles. The van der Waals surface area contributed by atoms with E-state index in [1.165, 1.54) is 58.3 Å². The maximum atomic E-state index is 5.17. The van der Waals surface area contributed by atoms with E-state index in [4.69, 9.17) is 4.74 Å². The molecule has 2 fully saturated rings. The second kappa shape index (κ2) is 7.43. The van der Waals surface area contributed by atoms with Crippen LogP contribution in [-0.2, 0) is 4.74 Å². The summed E-state index contributed by atoms with van der Waals surface area (Å²) in [6.07, 6.45) is 6.96. The quantitative estimate of drug-likeness (QED) is 0.730. The lowest BCUT2D eigenvalue weighted by atomic mass is 9.70. The molecule has 21 heavy (non-hydrogen) atoms. The van der Waals surface area contributed by atoms with Gasteiger partial charge in [0.1, 0.15) is 0 Å². The van der Waals surface area contributed by atoms with Gasteiger partial charge in [0.2, 0.25) is 0 Å². The van der Waals surface area contributed by atoms with Crippen LogP contribution in [0.2, 0.25) is 0 Å². The van der Waals surface area contributed by atoms with Crippen molar-refractivity contribution in [3.05, 3.63) is 0 Å². The number of nitrogens with zero attached hydrogens (tertiary/aromatic N) is 1. The van der Waals surface area contributed by atoms with Crippen molar-refractivity contribution in [1.82, 2.24) is 10.2 Å². The van der Waals surface area contributed by atoms with Gasteiger partial charge in [0, 0.05) is 33.3 Å². The molecule has 1 aliphatic heterocycles. The highest BCUT2D eigenvalue weighted by atomic mass is 16.5. The minimum atomic E-state index is 0.501. The van der Waals surface area contributed by atoms with Gasteiger partial charge >= 0.3 is 0 Å². The fourth-order valence-electron chi connectivity index (χ4n) is 4.13. The van der Waals surface area contributed by atoms with Gasteiger partial charge in [0.25, 0.3) is 0 Å². The fourth-order valence-corrected chi connectivity index (χ4v) is 4.13. The average molecular weight is 296 g/mol. The van der Waals surface area contributed by atoms with Crippen LogP contribution >= 0.6 is 0 Å². The molecule has 1 saturated carbocycles. The van der Waals surface area contributed by atoms with E-state index in [-0.39, 0.29) is 0 Å². The number of nitrogens with one attached hydrogen (secondary N) is 1. The lowest BCUT2D eigenvalue weighted by Gasteiger charge is -2.42. The first kappa shape index (κ1) is 17.2. The van der Waals surface area contributed by atoms with E-state index in [0.29, 0.717) is 10.8 Å². The molecule has 1 N–H and O–H groups in total. The number of rotatable bonds is 7. The van der Waals surface area contributed by atoms with E-state index in [1.807, 2.05) is 0 Å². The van der Waals surface area contributed by atoms with E-state index in [1.54, 1.807) is 7.11 Å². The van der Waals surface area contributed by atoms with Gasteiger partial charge in [-0.25, -0.2) is 0 Å². The first-order valence-electron chi connectivity index (χ1n) is 8.87. The molecule has 3 nitrogen and oxygen atoms in total. The zero-order chi connectivity index (χ0) is 15.3. The van der Waals surface area contributed by atoms with Crippen LogP contribution in [0.25, 0.3) is 0 Å². The minimum Gasteiger partial charge on any atom is -0.383 e. The van der Waals surface area contributed by atoms with Crippen LogP contribution in [0.5, 0.6) is 0 Å². The summed E-state index contributed by atoms with van der Waals surface area (Å²) in [4.78, 5) is 2.73. The topological polar surface area (TPSA) is 24.5 Å². The zero-order valence-electron chi connectivity index (χ0n) is 14.7.